The molecule has 3 aromatic rings. The lowest BCUT2D eigenvalue weighted by Crippen LogP contribution is -2.21. The molecule has 0 radical (unpaired) electrons. The fourth-order valence-electron chi connectivity index (χ4n) is 2.70. The topological polar surface area (TPSA) is 103 Å². The van der Waals surface area contributed by atoms with Crippen LogP contribution in [0.1, 0.15) is 16.1 Å². The minimum atomic E-state index is -3.74. The van der Waals surface area contributed by atoms with Crippen LogP contribution in [-0.4, -0.2) is 32.7 Å². The fourth-order valence-corrected chi connectivity index (χ4v) is 4.67. The highest BCUT2D eigenvalue weighted by Crippen LogP contribution is 2.31. The second-order valence-corrected chi connectivity index (χ2v) is 9.37. The number of esters is 1. The van der Waals surface area contributed by atoms with Crippen LogP contribution in [0.5, 0.6) is 0 Å². The molecule has 0 spiro atoms. The summed E-state index contributed by atoms with van der Waals surface area (Å²) >= 11 is 0.267. The van der Waals surface area contributed by atoms with E-state index in [9.17, 15) is 26.8 Å². The van der Waals surface area contributed by atoms with Crippen molar-refractivity contribution in [2.24, 2.45) is 0 Å². The number of hydrogen-bond acceptors (Lipinski definition) is 7. The molecule has 1 heterocycles. The summed E-state index contributed by atoms with van der Waals surface area (Å²) in [4.78, 5) is 24.7. The Morgan fingerprint density at radius 2 is 1.72 bits per heavy atom. The van der Waals surface area contributed by atoms with E-state index in [4.69, 9.17) is 9.15 Å². The van der Waals surface area contributed by atoms with Crippen molar-refractivity contribution in [1.82, 2.24) is 0 Å². The highest BCUT2D eigenvalue weighted by Gasteiger charge is 2.24. The molecule has 0 aliphatic heterocycles. The van der Waals surface area contributed by atoms with Crippen LogP contribution in [-0.2, 0) is 25.1 Å². The van der Waals surface area contributed by atoms with Gasteiger partial charge in [0.15, 0.2) is 16.4 Å². The lowest BCUT2D eigenvalue weighted by Gasteiger charge is -2.10. The molecule has 3 rings (SSSR count). The lowest BCUT2D eigenvalue weighted by molar-refractivity contribution is -0.119. The molecule has 0 atom stereocenters. The molecule has 0 aliphatic carbocycles. The zero-order valence-corrected chi connectivity index (χ0v) is 18.0. The summed E-state index contributed by atoms with van der Waals surface area (Å²) in [7, 11) is -3.74. The monoisotopic (exact) mass is 481 g/mol. The van der Waals surface area contributed by atoms with Crippen molar-refractivity contribution in [3.63, 3.8) is 0 Å². The normalized spacial score (nSPS) is 11.3. The molecule has 0 unspecified atom stereocenters. The molecule has 0 aliphatic rings. The highest BCUT2D eigenvalue weighted by atomic mass is 32.2. The molecule has 0 fully saturated rings. The number of furan rings is 1. The van der Waals surface area contributed by atoms with Gasteiger partial charge in [-0.1, -0.05) is 42.1 Å². The van der Waals surface area contributed by atoms with Crippen LogP contribution >= 0.6 is 11.8 Å². The summed E-state index contributed by atoms with van der Waals surface area (Å²) in [5.74, 6) is -5.30. The third-order valence-corrected chi connectivity index (χ3v) is 6.56. The molecule has 1 aromatic heterocycles. The van der Waals surface area contributed by atoms with Crippen molar-refractivity contribution in [3.05, 3.63) is 78.3 Å². The van der Waals surface area contributed by atoms with Crippen molar-refractivity contribution in [2.45, 2.75) is 21.3 Å². The molecule has 0 bridgehead atoms. The third kappa shape index (κ3) is 6.17. The SMILES string of the molecule is O=C(COC(=O)c1occc1CS(=O)(=O)c1ccccc1)Nc1ccccc1SC(F)F. The maximum Gasteiger partial charge on any atom is 0.375 e. The van der Waals surface area contributed by atoms with Crippen molar-refractivity contribution in [3.8, 4) is 0 Å². The Hall–Kier alpha value is -3.18. The summed E-state index contributed by atoms with van der Waals surface area (Å²) in [5.41, 5.74) is 0.226. The van der Waals surface area contributed by atoms with Gasteiger partial charge in [-0.15, -0.1) is 0 Å². The van der Waals surface area contributed by atoms with E-state index in [-0.39, 0.29) is 38.6 Å². The highest BCUT2D eigenvalue weighted by molar-refractivity contribution is 7.99. The van der Waals surface area contributed by atoms with Crippen molar-refractivity contribution in [1.29, 1.82) is 0 Å². The van der Waals surface area contributed by atoms with E-state index in [1.165, 1.54) is 30.3 Å². The molecule has 2 aromatic carbocycles. The molecule has 0 saturated carbocycles. The Bertz CT molecular complexity index is 1200. The molecular formula is C21H17F2NO6S2. The maximum absolute atomic E-state index is 12.6. The number of ether oxygens (including phenoxy) is 1. The molecule has 168 valence electrons. The molecule has 32 heavy (non-hydrogen) atoms. The number of thioether (sulfide) groups is 1. The number of halogens is 2. The van der Waals surface area contributed by atoms with Gasteiger partial charge in [0.1, 0.15) is 0 Å². The number of carbonyl (C=O) groups is 2. The van der Waals surface area contributed by atoms with Crippen LogP contribution in [0.2, 0.25) is 0 Å². The minimum Gasteiger partial charge on any atom is -0.457 e. The predicted molar refractivity (Wildman–Crippen MR) is 113 cm³/mol. The van der Waals surface area contributed by atoms with E-state index in [1.54, 1.807) is 30.3 Å². The first-order valence-electron chi connectivity index (χ1n) is 9.11. The number of carbonyl (C=O) groups excluding carboxylic acids is 2. The Balaban J connectivity index is 1.62. The van der Waals surface area contributed by atoms with Gasteiger partial charge in [-0.25, -0.2) is 13.2 Å². The summed E-state index contributed by atoms with van der Waals surface area (Å²) < 4.78 is 60.3. The van der Waals surface area contributed by atoms with Crippen LogP contribution in [0.25, 0.3) is 0 Å². The van der Waals surface area contributed by atoms with Gasteiger partial charge in [0.2, 0.25) is 5.76 Å². The fraction of sp³-hybridized carbons (Fsp3) is 0.143. The first-order valence-corrected chi connectivity index (χ1v) is 11.6. The Morgan fingerprint density at radius 3 is 2.44 bits per heavy atom. The van der Waals surface area contributed by atoms with E-state index in [1.807, 2.05) is 0 Å². The second kappa shape index (κ2) is 10.4. The zero-order chi connectivity index (χ0) is 23.1. The number of rotatable bonds is 9. The van der Waals surface area contributed by atoms with Crippen LogP contribution in [0.3, 0.4) is 0 Å². The van der Waals surface area contributed by atoms with E-state index in [0.29, 0.717) is 0 Å². The second-order valence-electron chi connectivity index (χ2n) is 6.35. The summed E-state index contributed by atoms with van der Waals surface area (Å²) in [6.07, 6.45) is 1.14. The number of amides is 1. The van der Waals surface area contributed by atoms with Crippen LogP contribution in [0.4, 0.5) is 14.5 Å². The predicted octanol–water partition coefficient (Wildman–Crippen LogP) is 4.36. The van der Waals surface area contributed by atoms with Crippen LogP contribution in [0.15, 0.2) is 81.1 Å². The van der Waals surface area contributed by atoms with E-state index >= 15 is 0 Å². The van der Waals surface area contributed by atoms with E-state index in [2.05, 4.69) is 5.32 Å². The van der Waals surface area contributed by atoms with E-state index < -0.39 is 39.8 Å². The molecule has 7 nitrogen and oxygen atoms in total. The number of alkyl halides is 2. The number of sulfone groups is 1. The van der Waals surface area contributed by atoms with E-state index in [0.717, 1.165) is 6.26 Å². The first-order chi connectivity index (χ1) is 15.3. The van der Waals surface area contributed by atoms with Crippen LogP contribution < -0.4 is 5.32 Å². The van der Waals surface area contributed by atoms with Gasteiger partial charge >= 0.3 is 5.97 Å². The van der Waals surface area contributed by atoms with Crippen molar-refractivity contribution in [2.75, 3.05) is 11.9 Å². The number of anilines is 1. The van der Waals surface area contributed by atoms with Crippen LogP contribution in [0, 0.1) is 0 Å². The number of benzene rings is 2. The van der Waals surface area contributed by atoms with Gasteiger partial charge < -0.3 is 14.5 Å². The molecule has 0 saturated heterocycles. The number of hydrogen-bond donors (Lipinski definition) is 1. The Labute approximate surface area is 186 Å². The molecule has 11 heteroatoms. The molecule has 1 N–H and O–H groups in total. The standard InChI is InChI=1S/C21H17F2NO6S2/c22-21(23)31-17-9-5-4-8-16(17)24-18(25)12-30-20(26)19-14(10-11-29-19)13-32(27,28)15-6-2-1-3-7-15/h1-11,21H,12-13H2,(H,24,25). The van der Waals surface area contributed by atoms with Crippen molar-refractivity contribution >= 4 is 39.2 Å². The van der Waals surface area contributed by atoms with Crippen molar-refractivity contribution < 1.29 is 35.9 Å². The Morgan fingerprint density at radius 1 is 1.03 bits per heavy atom. The van der Waals surface area contributed by atoms with Gasteiger partial charge in [0.05, 0.1) is 22.6 Å². The van der Waals surface area contributed by atoms with Gasteiger partial charge in [-0.2, -0.15) is 8.78 Å². The smallest absolute Gasteiger partial charge is 0.375 e. The summed E-state index contributed by atoms with van der Waals surface area (Å²) in [6.45, 7) is -0.724. The Kier molecular flexibility index (Phi) is 7.65. The zero-order valence-electron chi connectivity index (χ0n) is 16.4. The van der Waals surface area contributed by atoms with Gasteiger partial charge in [0.25, 0.3) is 11.7 Å². The average Bonchev–Trinajstić information content (AvgIpc) is 3.21. The summed E-state index contributed by atoms with van der Waals surface area (Å²) in [5, 5.41) is 2.39. The van der Waals surface area contributed by atoms with Gasteiger partial charge in [-0.05, 0) is 30.3 Å². The van der Waals surface area contributed by atoms with Gasteiger partial charge in [-0.3, -0.25) is 4.79 Å². The number of nitrogens with one attached hydrogen (secondary N) is 1. The van der Waals surface area contributed by atoms with Gasteiger partial charge in [0, 0.05) is 10.5 Å². The maximum atomic E-state index is 12.6. The molecular weight excluding hydrogens is 464 g/mol. The third-order valence-electron chi connectivity index (χ3n) is 4.09. The molecule has 1 amide bonds. The number of para-hydroxylation sites is 1. The minimum absolute atomic E-state index is 0.0814. The largest absolute Gasteiger partial charge is 0.457 e. The first kappa shape index (κ1) is 23.5. The lowest BCUT2D eigenvalue weighted by atomic mass is 10.3. The summed E-state index contributed by atoms with van der Waals surface area (Å²) in [6, 6.07) is 15.0. The average molecular weight is 481 g/mol. The quantitative estimate of drug-likeness (QED) is 0.358.